The van der Waals surface area contributed by atoms with Gasteiger partial charge in [-0.2, -0.15) is 0 Å². The van der Waals surface area contributed by atoms with Crippen LogP contribution in [0.15, 0.2) is 12.7 Å². The highest BCUT2D eigenvalue weighted by Crippen LogP contribution is 2.24. The average molecular weight is 211 g/mol. The van der Waals surface area contributed by atoms with E-state index in [0.717, 1.165) is 0 Å². The second kappa shape index (κ2) is 6.32. The van der Waals surface area contributed by atoms with Crippen molar-refractivity contribution in [3.05, 3.63) is 12.7 Å². The molecule has 2 unspecified atom stereocenters. The largest absolute Gasteiger partial charge is 0.295 e. The molecular formula is C14H29N. The van der Waals surface area contributed by atoms with Gasteiger partial charge in [-0.3, -0.25) is 4.90 Å². The summed E-state index contributed by atoms with van der Waals surface area (Å²) in [6.07, 6.45) is 4.51. The highest BCUT2D eigenvalue weighted by atomic mass is 15.2. The van der Waals surface area contributed by atoms with E-state index in [0.29, 0.717) is 17.5 Å². The second-order valence-corrected chi connectivity index (χ2v) is 5.83. The highest BCUT2D eigenvalue weighted by molar-refractivity contribution is 4.87. The topological polar surface area (TPSA) is 3.24 Å². The lowest BCUT2D eigenvalue weighted by molar-refractivity contribution is 0.139. The van der Waals surface area contributed by atoms with E-state index < -0.39 is 0 Å². The fraction of sp³-hybridized carbons (Fsp3) is 0.857. The van der Waals surface area contributed by atoms with Gasteiger partial charge in [0.25, 0.3) is 0 Å². The van der Waals surface area contributed by atoms with E-state index in [1.54, 1.807) is 0 Å². The van der Waals surface area contributed by atoms with Crippen molar-refractivity contribution in [2.45, 2.75) is 66.5 Å². The van der Waals surface area contributed by atoms with Crippen molar-refractivity contribution in [1.29, 1.82) is 0 Å². The van der Waals surface area contributed by atoms with E-state index in [2.05, 4.69) is 59.1 Å². The number of rotatable bonds is 6. The van der Waals surface area contributed by atoms with Gasteiger partial charge in [0.15, 0.2) is 0 Å². The van der Waals surface area contributed by atoms with Crippen LogP contribution in [-0.4, -0.2) is 23.5 Å². The number of hydrogen-bond donors (Lipinski definition) is 0. The minimum atomic E-state index is 0.409. The van der Waals surface area contributed by atoms with E-state index in [1.807, 2.05) is 0 Å². The van der Waals surface area contributed by atoms with Crippen molar-refractivity contribution in [3.63, 3.8) is 0 Å². The normalized spacial score (nSPS) is 16.5. The predicted octanol–water partition coefficient (Wildman–Crippen LogP) is 4.10. The van der Waals surface area contributed by atoms with Crippen LogP contribution < -0.4 is 0 Å². The molecule has 0 aliphatic carbocycles. The van der Waals surface area contributed by atoms with Gasteiger partial charge in [-0.15, -0.1) is 6.58 Å². The molecule has 1 nitrogen and oxygen atoms in total. The maximum absolute atomic E-state index is 3.90. The van der Waals surface area contributed by atoms with Crippen molar-refractivity contribution in [2.24, 2.45) is 5.41 Å². The van der Waals surface area contributed by atoms with Crippen LogP contribution in [-0.2, 0) is 0 Å². The molecule has 0 heterocycles. The van der Waals surface area contributed by atoms with Gasteiger partial charge in [0.2, 0.25) is 0 Å². The molecule has 0 saturated carbocycles. The van der Waals surface area contributed by atoms with Crippen LogP contribution in [0.2, 0.25) is 0 Å². The SMILES string of the molecule is C=CC(C)N(CCC)C(C)CC(C)(C)C. The molecule has 0 saturated heterocycles. The lowest BCUT2D eigenvalue weighted by atomic mass is 9.87. The summed E-state index contributed by atoms with van der Waals surface area (Å²) in [6.45, 7) is 18.8. The van der Waals surface area contributed by atoms with Gasteiger partial charge in [0.05, 0.1) is 0 Å². The average Bonchev–Trinajstić information content (AvgIpc) is 2.10. The van der Waals surface area contributed by atoms with Crippen LogP contribution >= 0.6 is 0 Å². The smallest absolute Gasteiger partial charge is 0.0250 e. The Kier molecular flexibility index (Phi) is 6.19. The van der Waals surface area contributed by atoms with E-state index in [9.17, 15) is 0 Å². The zero-order chi connectivity index (χ0) is 12.1. The van der Waals surface area contributed by atoms with Gasteiger partial charge in [-0.25, -0.2) is 0 Å². The van der Waals surface area contributed by atoms with Crippen LogP contribution in [0.3, 0.4) is 0 Å². The molecule has 0 aromatic heterocycles. The molecule has 0 fully saturated rings. The van der Waals surface area contributed by atoms with E-state index in [-0.39, 0.29) is 0 Å². The zero-order valence-electron chi connectivity index (χ0n) is 11.5. The summed E-state index contributed by atoms with van der Waals surface area (Å²) in [4.78, 5) is 2.55. The molecule has 1 heteroatoms. The van der Waals surface area contributed by atoms with Gasteiger partial charge in [0, 0.05) is 12.1 Å². The Hall–Kier alpha value is -0.300. The monoisotopic (exact) mass is 211 g/mol. The Morgan fingerprint density at radius 3 is 2.13 bits per heavy atom. The van der Waals surface area contributed by atoms with Crippen LogP contribution in [0.1, 0.15) is 54.4 Å². The molecular weight excluding hydrogens is 182 g/mol. The van der Waals surface area contributed by atoms with Gasteiger partial charge in [0.1, 0.15) is 0 Å². The van der Waals surface area contributed by atoms with Crippen molar-refractivity contribution < 1.29 is 0 Å². The standard InChI is InChI=1S/C14H29N/c1-8-10-15(12(3)9-2)13(4)11-14(5,6)7/h9,12-13H,2,8,10-11H2,1,3-7H3. The molecule has 0 rings (SSSR count). The second-order valence-electron chi connectivity index (χ2n) is 5.83. The van der Waals surface area contributed by atoms with E-state index in [4.69, 9.17) is 0 Å². The fourth-order valence-corrected chi connectivity index (χ4v) is 2.22. The molecule has 0 amide bonds. The van der Waals surface area contributed by atoms with Gasteiger partial charge >= 0.3 is 0 Å². The summed E-state index contributed by atoms with van der Waals surface area (Å²) in [5.74, 6) is 0. The molecule has 90 valence electrons. The Morgan fingerprint density at radius 1 is 1.27 bits per heavy atom. The summed E-state index contributed by atoms with van der Waals surface area (Å²) in [7, 11) is 0. The zero-order valence-corrected chi connectivity index (χ0v) is 11.5. The molecule has 0 N–H and O–H groups in total. The van der Waals surface area contributed by atoms with Gasteiger partial charge in [-0.05, 0) is 38.6 Å². The third kappa shape index (κ3) is 5.99. The van der Waals surface area contributed by atoms with Crippen LogP contribution in [0.25, 0.3) is 0 Å². The predicted molar refractivity (Wildman–Crippen MR) is 70.2 cm³/mol. The Balaban J connectivity index is 4.40. The quantitative estimate of drug-likeness (QED) is 0.598. The Bertz CT molecular complexity index is 178. The van der Waals surface area contributed by atoms with Crippen molar-refractivity contribution >= 4 is 0 Å². The first kappa shape index (κ1) is 14.7. The molecule has 0 aliphatic rings. The first-order valence-corrected chi connectivity index (χ1v) is 6.20. The van der Waals surface area contributed by atoms with E-state index in [1.165, 1.54) is 19.4 Å². The molecule has 0 radical (unpaired) electrons. The van der Waals surface area contributed by atoms with Crippen molar-refractivity contribution in [3.8, 4) is 0 Å². The Labute approximate surface area is 96.6 Å². The third-order valence-electron chi connectivity index (χ3n) is 2.82. The maximum Gasteiger partial charge on any atom is 0.0250 e. The third-order valence-corrected chi connectivity index (χ3v) is 2.82. The summed E-state index contributed by atoms with van der Waals surface area (Å²) < 4.78 is 0. The Morgan fingerprint density at radius 2 is 1.80 bits per heavy atom. The minimum absolute atomic E-state index is 0.409. The van der Waals surface area contributed by atoms with Crippen molar-refractivity contribution in [1.82, 2.24) is 4.90 Å². The van der Waals surface area contributed by atoms with Crippen molar-refractivity contribution in [2.75, 3.05) is 6.54 Å². The summed E-state index contributed by atoms with van der Waals surface area (Å²) in [6, 6.07) is 1.13. The fourth-order valence-electron chi connectivity index (χ4n) is 2.22. The van der Waals surface area contributed by atoms with Gasteiger partial charge in [-0.1, -0.05) is 33.8 Å². The lowest BCUT2D eigenvalue weighted by Crippen LogP contribution is -2.41. The highest BCUT2D eigenvalue weighted by Gasteiger charge is 2.22. The van der Waals surface area contributed by atoms with Crippen LogP contribution in [0.5, 0.6) is 0 Å². The maximum atomic E-state index is 3.90. The minimum Gasteiger partial charge on any atom is -0.295 e. The molecule has 15 heavy (non-hydrogen) atoms. The molecule has 0 aromatic rings. The molecule has 2 atom stereocenters. The van der Waals surface area contributed by atoms with Crippen LogP contribution in [0, 0.1) is 5.41 Å². The lowest BCUT2D eigenvalue weighted by Gasteiger charge is -2.36. The molecule has 0 aromatic carbocycles. The van der Waals surface area contributed by atoms with Gasteiger partial charge < -0.3 is 0 Å². The first-order chi connectivity index (χ1) is 6.81. The number of hydrogen-bond acceptors (Lipinski definition) is 1. The first-order valence-electron chi connectivity index (χ1n) is 6.20. The summed E-state index contributed by atoms with van der Waals surface area (Å²) in [5.41, 5.74) is 0.409. The molecule has 0 aliphatic heterocycles. The molecule has 0 bridgehead atoms. The summed E-state index contributed by atoms with van der Waals surface area (Å²) in [5, 5.41) is 0. The molecule has 0 spiro atoms. The van der Waals surface area contributed by atoms with E-state index >= 15 is 0 Å². The van der Waals surface area contributed by atoms with Crippen LogP contribution in [0.4, 0.5) is 0 Å². The summed E-state index contributed by atoms with van der Waals surface area (Å²) >= 11 is 0. The number of nitrogens with zero attached hydrogens (tertiary/aromatic N) is 1.